The second kappa shape index (κ2) is 9.94. The highest BCUT2D eigenvalue weighted by atomic mass is 16.5. The summed E-state index contributed by atoms with van der Waals surface area (Å²) < 4.78 is 5.69. The Balaban J connectivity index is 2.28. The van der Waals surface area contributed by atoms with Crippen molar-refractivity contribution in [2.45, 2.75) is 66.2 Å². The molecule has 2 nitrogen and oxygen atoms in total. The Kier molecular flexibility index (Phi) is 8.60. The van der Waals surface area contributed by atoms with Crippen LogP contribution in [0.2, 0.25) is 0 Å². The summed E-state index contributed by atoms with van der Waals surface area (Å²) in [5.41, 5.74) is 2.74. The predicted molar refractivity (Wildman–Crippen MR) is 89.4 cm³/mol. The van der Waals surface area contributed by atoms with Crippen LogP contribution >= 0.6 is 0 Å². The Labute approximate surface area is 130 Å². The third-order valence-corrected chi connectivity index (χ3v) is 4.59. The molecule has 1 aliphatic rings. The van der Waals surface area contributed by atoms with Crippen molar-refractivity contribution in [2.24, 2.45) is 11.8 Å². The molecule has 0 heterocycles. The van der Waals surface area contributed by atoms with E-state index in [4.69, 9.17) is 4.74 Å². The molecule has 0 saturated heterocycles. The number of hydrogen-bond acceptors (Lipinski definition) is 2. The fourth-order valence-electron chi connectivity index (χ4n) is 2.95. The molecule has 0 N–H and O–H groups in total. The van der Waals surface area contributed by atoms with E-state index in [0.29, 0.717) is 24.9 Å². The quantitative estimate of drug-likeness (QED) is 0.524. The summed E-state index contributed by atoms with van der Waals surface area (Å²) in [6.07, 6.45) is 10.9. The number of allylic oxidation sites excluding steroid dienone is 2. The molecular formula is C19H32O2. The van der Waals surface area contributed by atoms with E-state index in [9.17, 15) is 4.79 Å². The molecule has 0 spiro atoms. The monoisotopic (exact) mass is 292 g/mol. The third kappa shape index (κ3) is 6.60. The number of rotatable bonds is 10. The number of ketones is 1. The van der Waals surface area contributed by atoms with Crippen molar-refractivity contribution >= 4 is 5.78 Å². The van der Waals surface area contributed by atoms with Crippen LogP contribution in [0.15, 0.2) is 23.3 Å². The standard InChI is InChI=1S/C19H32O2/c1-5-7-11-17(6-2)12-18(20)13-21-14-19-15(3)9-8-10-16(19)4/h9-10,17,19H,5-8,11-14H2,1-4H3. The summed E-state index contributed by atoms with van der Waals surface area (Å²) in [5.74, 6) is 1.17. The molecule has 2 heteroatoms. The first-order valence-electron chi connectivity index (χ1n) is 8.51. The van der Waals surface area contributed by atoms with E-state index >= 15 is 0 Å². The molecule has 1 unspecified atom stereocenters. The van der Waals surface area contributed by atoms with E-state index in [1.165, 1.54) is 30.4 Å². The number of unbranched alkanes of at least 4 members (excludes halogenated alkanes) is 1. The molecule has 0 radical (unpaired) electrons. The topological polar surface area (TPSA) is 26.3 Å². The first kappa shape index (κ1) is 18.2. The van der Waals surface area contributed by atoms with Crippen molar-refractivity contribution < 1.29 is 9.53 Å². The Morgan fingerprint density at radius 1 is 1.29 bits per heavy atom. The van der Waals surface area contributed by atoms with Crippen LogP contribution in [0.25, 0.3) is 0 Å². The van der Waals surface area contributed by atoms with Gasteiger partial charge in [0.15, 0.2) is 5.78 Å². The minimum absolute atomic E-state index is 0.261. The zero-order valence-electron chi connectivity index (χ0n) is 14.3. The van der Waals surface area contributed by atoms with Gasteiger partial charge in [-0.25, -0.2) is 0 Å². The summed E-state index contributed by atoms with van der Waals surface area (Å²) in [6, 6.07) is 0. The minimum atomic E-state index is 0.261. The molecule has 0 aromatic rings. The molecule has 120 valence electrons. The van der Waals surface area contributed by atoms with E-state index in [-0.39, 0.29) is 12.4 Å². The maximum atomic E-state index is 12.0. The van der Waals surface area contributed by atoms with Crippen molar-refractivity contribution in [2.75, 3.05) is 13.2 Å². The van der Waals surface area contributed by atoms with Gasteiger partial charge in [0.25, 0.3) is 0 Å². The molecular weight excluding hydrogens is 260 g/mol. The van der Waals surface area contributed by atoms with Crippen LogP contribution in [0.5, 0.6) is 0 Å². The summed E-state index contributed by atoms with van der Waals surface area (Å²) in [4.78, 5) is 12.0. The number of carbonyl (C=O) groups excluding carboxylic acids is 1. The molecule has 0 aromatic carbocycles. The van der Waals surface area contributed by atoms with Gasteiger partial charge in [0, 0.05) is 12.3 Å². The smallest absolute Gasteiger partial charge is 0.158 e. The van der Waals surface area contributed by atoms with E-state index in [1.54, 1.807) is 0 Å². The lowest BCUT2D eigenvalue weighted by Crippen LogP contribution is -2.19. The van der Waals surface area contributed by atoms with Crippen LogP contribution in [-0.4, -0.2) is 19.0 Å². The summed E-state index contributed by atoms with van der Waals surface area (Å²) in [5, 5.41) is 0. The molecule has 0 aromatic heterocycles. The number of Topliss-reactive ketones (excluding diaryl/α,β-unsaturated/α-hetero) is 1. The highest BCUT2D eigenvalue weighted by molar-refractivity contribution is 5.79. The largest absolute Gasteiger partial charge is 0.373 e. The molecule has 21 heavy (non-hydrogen) atoms. The second-order valence-corrected chi connectivity index (χ2v) is 6.36. The van der Waals surface area contributed by atoms with Crippen LogP contribution in [0, 0.1) is 11.8 Å². The van der Waals surface area contributed by atoms with Gasteiger partial charge in [0.05, 0.1) is 6.61 Å². The van der Waals surface area contributed by atoms with E-state index in [2.05, 4.69) is 39.8 Å². The van der Waals surface area contributed by atoms with Crippen molar-refractivity contribution in [3.8, 4) is 0 Å². The lowest BCUT2D eigenvalue weighted by molar-refractivity contribution is -0.124. The van der Waals surface area contributed by atoms with Crippen molar-refractivity contribution in [3.63, 3.8) is 0 Å². The highest BCUT2D eigenvalue weighted by Gasteiger charge is 2.17. The average Bonchev–Trinajstić information content (AvgIpc) is 2.46. The number of ether oxygens (including phenoxy) is 1. The summed E-state index contributed by atoms with van der Waals surface area (Å²) in [7, 11) is 0. The zero-order valence-corrected chi connectivity index (χ0v) is 14.3. The van der Waals surface area contributed by atoms with Gasteiger partial charge in [-0.3, -0.25) is 4.79 Å². The molecule has 1 atom stereocenters. The minimum Gasteiger partial charge on any atom is -0.373 e. The highest BCUT2D eigenvalue weighted by Crippen LogP contribution is 2.25. The predicted octanol–water partition coefficient (Wildman–Crippen LogP) is 5.09. The van der Waals surface area contributed by atoms with E-state index in [0.717, 1.165) is 12.8 Å². The van der Waals surface area contributed by atoms with Gasteiger partial charge in [-0.1, -0.05) is 62.8 Å². The van der Waals surface area contributed by atoms with Gasteiger partial charge < -0.3 is 4.74 Å². The molecule has 0 aliphatic heterocycles. The first-order chi connectivity index (χ1) is 10.1. The van der Waals surface area contributed by atoms with Gasteiger partial charge >= 0.3 is 0 Å². The van der Waals surface area contributed by atoms with E-state index < -0.39 is 0 Å². The number of carbonyl (C=O) groups is 1. The summed E-state index contributed by atoms with van der Waals surface area (Å²) >= 11 is 0. The molecule has 1 aliphatic carbocycles. The average molecular weight is 292 g/mol. The van der Waals surface area contributed by atoms with Crippen molar-refractivity contribution in [1.82, 2.24) is 0 Å². The fourth-order valence-corrected chi connectivity index (χ4v) is 2.95. The van der Waals surface area contributed by atoms with Crippen LogP contribution < -0.4 is 0 Å². The lowest BCUT2D eigenvalue weighted by atomic mass is 9.88. The zero-order chi connectivity index (χ0) is 15.7. The SMILES string of the molecule is CCCCC(CC)CC(=O)COCC1C(C)=CCC=C1C. The van der Waals surface area contributed by atoms with Crippen molar-refractivity contribution in [3.05, 3.63) is 23.3 Å². The van der Waals surface area contributed by atoms with Gasteiger partial charge in [0.2, 0.25) is 0 Å². The van der Waals surface area contributed by atoms with Gasteiger partial charge in [-0.2, -0.15) is 0 Å². The normalized spacial score (nSPS) is 17.3. The first-order valence-corrected chi connectivity index (χ1v) is 8.51. The van der Waals surface area contributed by atoms with Gasteiger partial charge in [0.1, 0.15) is 6.61 Å². The third-order valence-electron chi connectivity index (χ3n) is 4.59. The maximum absolute atomic E-state index is 12.0. The molecule has 0 amide bonds. The Hall–Kier alpha value is -0.890. The van der Waals surface area contributed by atoms with Crippen molar-refractivity contribution in [1.29, 1.82) is 0 Å². The van der Waals surface area contributed by atoms with Crippen LogP contribution in [-0.2, 0) is 9.53 Å². The Morgan fingerprint density at radius 3 is 2.52 bits per heavy atom. The molecule has 0 saturated carbocycles. The number of hydrogen-bond donors (Lipinski definition) is 0. The van der Waals surface area contributed by atoms with Crippen LogP contribution in [0.3, 0.4) is 0 Å². The maximum Gasteiger partial charge on any atom is 0.158 e. The Morgan fingerprint density at radius 2 is 1.95 bits per heavy atom. The van der Waals surface area contributed by atoms with Gasteiger partial charge in [-0.05, 0) is 26.2 Å². The molecule has 1 rings (SSSR count). The van der Waals surface area contributed by atoms with Gasteiger partial charge in [-0.15, -0.1) is 0 Å². The molecule has 0 fully saturated rings. The fraction of sp³-hybridized carbons (Fsp3) is 0.737. The summed E-state index contributed by atoms with van der Waals surface area (Å²) in [6.45, 7) is 9.61. The van der Waals surface area contributed by atoms with Crippen LogP contribution in [0.4, 0.5) is 0 Å². The van der Waals surface area contributed by atoms with Crippen LogP contribution in [0.1, 0.15) is 66.2 Å². The van der Waals surface area contributed by atoms with E-state index in [1.807, 2.05) is 0 Å². The second-order valence-electron chi connectivity index (χ2n) is 6.36. The molecule has 0 bridgehead atoms. The lowest BCUT2D eigenvalue weighted by Gasteiger charge is -2.22. The Bertz CT molecular complexity index is 361.